The molecule has 2 atom stereocenters. The molecule has 0 radical (unpaired) electrons. The lowest BCUT2D eigenvalue weighted by atomic mass is 10.0. The summed E-state index contributed by atoms with van der Waals surface area (Å²) in [6.07, 6.45) is 7.68. The molecule has 1 saturated carbocycles. The number of rotatable bonds is 2. The minimum Gasteiger partial charge on any atom is -0.365 e. The van der Waals surface area contributed by atoms with E-state index in [0.717, 1.165) is 18.7 Å². The average molecular weight is 240 g/mol. The molecule has 3 N–H and O–H groups in total. The maximum absolute atomic E-state index is 6.14. The molecule has 0 saturated heterocycles. The molecule has 2 unspecified atom stereocenters. The van der Waals surface area contributed by atoms with Crippen molar-refractivity contribution in [2.24, 2.45) is 5.73 Å². The predicted molar refractivity (Wildman–Crippen MR) is 67.7 cm³/mol. The summed E-state index contributed by atoms with van der Waals surface area (Å²) in [6.45, 7) is 0. The van der Waals surface area contributed by atoms with Gasteiger partial charge < -0.3 is 11.1 Å². The number of anilines is 1. The lowest BCUT2D eigenvalue weighted by Gasteiger charge is -2.23. The molecular formula is C12H18ClN3. The molecule has 1 aliphatic carbocycles. The third-order valence-electron chi connectivity index (χ3n) is 3.15. The van der Waals surface area contributed by atoms with Crippen molar-refractivity contribution in [1.29, 1.82) is 0 Å². The smallest absolute Gasteiger partial charge is 0.145 e. The third-order valence-corrected chi connectivity index (χ3v) is 3.45. The van der Waals surface area contributed by atoms with Crippen molar-refractivity contribution in [2.45, 2.75) is 44.2 Å². The van der Waals surface area contributed by atoms with Crippen LogP contribution >= 0.6 is 11.6 Å². The van der Waals surface area contributed by atoms with Gasteiger partial charge in [-0.1, -0.05) is 30.9 Å². The first kappa shape index (κ1) is 11.7. The first-order chi connectivity index (χ1) is 7.77. The summed E-state index contributed by atoms with van der Waals surface area (Å²) in [5.41, 5.74) is 6.14. The Hall–Kier alpha value is -0.800. The Labute approximate surface area is 101 Å². The van der Waals surface area contributed by atoms with E-state index in [2.05, 4.69) is 10.3 Å². The van der Waals surface area contributed by atoms with Crippen LogP contribution in [0.5, 0.6) is 0 Å². The lowest BCUT2D eigenvalue weighted by molar-refractivity contribution is 0.527. The molecule has 3 nitrogen and oxygen atoms in total. The molecule has 1 fully saturated rings. The van der Waals surface area contributed by atoms with Crippen LogP contribution in [0.1, 0.15) is 32.1 Å². The first-order valence-corrected chi connectivity index (χ1v) is 6.28. The number of pyridine rings is 1. The van der Waals surface area contributed by atoms with Crippen LogP contribution in [0.2, 0.25) is 5.02 Å². The highest BCUT2D eigenvalue weighted by Crippen LogP contribution is 2.23. The van der Waals surface area contributed by atoms with Gasteiger partial charge >= 0.3 is 0 Å². The zero-order valence-corrected chi connectivity index (χ0v) is 10.1. The normalized spacial score (nSPS) is 26.1. The van der Waals surface area contributed by atoms with Crippen LogP contribution in [0.15, 0.2) is 18.3 Å². The van der Waals surface area contributed by atoms with Crippen molar-refractivity contribution < 1.29 is 0 Å². The van der Waals surface area contributed by atoms with Crippen molar-refractivity contribution >= 4 is 17.4 Å². The molecule has 1 heterocycles. The van der Waals surface area contributed by atoms with Crippen LogP contribution in [-0.4, -0.2) is 17.1 Å². The number of nitrogens with one attached hydrogen (secondary N) is 1. The summed E-state index contributed by atoms with van der Waals surface area (Å²) in [5.74, 6) is 0.756. The van der Waals surface area contributed by atoms with E-state index in [-0.39, 0.29) is 6.04 Å². The molecule has 1 aliphatic rings. The Bertz CT molecular complexity index is 343. The molecular weight excluding hydrogens is 222 g/mol. The highest BCUT2D eigenvalue weighted by Gasteiger charge is 2.20. The second kappa shape index (κ2) is 5.51. The van der Waals surface area contributed by atoms with Crippen molar-refractivity contribution in [3.05, 3.63) is 23.4 Å². The van der Waals surface area contributed by atoms with E-state index in [9.17, 15) is 0 Å². The summed E-state index contributed by atoms with van der Waals surface area (Å²) < 4.78 is 0. The van der Waals surface area contributed by atoms with E-state index in [1.54, 1.807) is 6.20 Å². The summed E-state index contributed by atoms with van der Waals surface area (Å²) in [5, 5.41) is 4.04. The molecule has 1 aromatic rings. The molecule has 16 heavy (non-hydrogen) atoms. The molecule has 0 spiro atoms. The van der Waals surface area contributed by atoms with E-state index in [4.69, 9.17) is 17.3 Å². The number of hydrogen-bond donors (Lipinski definition) is 2. The van der Waals surface area contributed by atoms with Gasteiger partial charge in [0.15, 0.2) is 0 Å². The topological polar surface area (TPSA) is 50.9 Å². The fourth-order valence-electron chi connectivity index (χ4n) is 2.18. The van der Waals surface area contributed by atoms with Gasteiger partial charge in [-0.3, -0.25) is 0 Å². The SMILES string of the molecule is NC1CCCCCC1Nc1ncccc1Cl. The Balaban J connectivity index is 2.05. The summed E-state index contributed by atoms with van der Waals surface area (Å²) in [4.78, 5) is 4.24. The quantitative estimate of drug-likeness (QED) is 0.781. The second-order valence-electron chi connectivity index (χ2n) is 4.39. The Kier molecular flexibility index (Phi) is 4.02. The van der Waals surface area contributed by atoms with Gasteiger partial charge in [0.05, 0.1) is 5.02 Å². The maximum Gasteiger partial charge on any atom is 0.145 e. The van der Waals surface area contributed by atoms with Crippen molar-refractivity contribution in [1.82, 2.24) is 4.98 Å². The lowest BCUT2D eigenvalue weighted by Crippen LogP contribution is -2.39. The summed E-state index contributed by atoms with van der Waals surface area (Å²) in [7, 11) is 0. The van der Waals surface area contributed by atoms with Crippen LogP contribution < -0.4 is 11.1 Å². The van der Waals surface area contributed by atoms with Gasteiger partial charge in [-0.2, -0.15) is 0 Å². The molecule has 0 bridgehead atoms. The highest BCUT2D eigenvalue weighted by molar-refractivity contribution is 6.32. The molecule has 4 heteroatoms. The fourth-order valence-corrected chi connectivity index (χ4v) is 2.36. The minimum absolute atomic E-state index is 0.209. The van der Waals surface area contributed by atoms with Crippen LogP contribution in [-0.2, 0) is 0 Å². The van der Waals surface area contributed by atoms with Crippen LogP contribution in [0.3, 0.4) is 0 Å². The third kappa shape index (κ3) is 2.86. The van der Waals surface area contributed by atoms with Crippen molar-refractivity contribution in [3.63, 3.8) is 0 Å². The molecule has 0 aromatic carbocycles. The molecule has 2 rings (SSSR count). The first-order valence-electron chi connectivity index (χ1n) is 5.90. The van der Waals surface area contributed by atoms with Gasteiger partial charge in [0.25, 0.3) is 0 Å². The largest absolute Gasteiger partial charge is 0.365 e. The van der Waals surface area contributed by atoms with Gasteiger partial charge in [0.1, 0.15) is 5.82 Å². The highest BCUT2D eigenvalue weighted by atomic mass is 35.5. The van der Waals surface area contributed by atoms with Crippen molar-refractivity contribution in [3.8, 4) is 0 Å². The van der Waals surface area contributed by atoms with E-state index >= 15 is 0 Å². The van der Waals surface area contributed by atoms with Gasteiger partial charge in [0.2, 0.25) is 0 Å². The number of hydrogen-bond acceptors (Lipinski definition) is 3. The fraction of sp³-hybridized carbons (Fsp3) is 0.583. The summed E-state index contributed by atoms with van der Waals surface area (Å²) in [6, 6.07) is 4.19. The minimum atomic E-state index is 0.209. The number of nitrogens with zero attached hydrogens (tertiary/aromatic N) is 1. The Morgan fingerprint density at radius 3 is 2.94 bits per heavy atom. The average Bonchev–Trinajstić information content (AvgIpc) is 2.48. The van der Waals surface area contributed by atoms with Crippen LogP contribution in [0, 0.1) is 0 Å². The number of aromatic nitrogens is 1. The number of nitrogens with two attached hydrogens (primary N) is 1. The van der Waals surface area contributed by atoms with Gasteiger partial charge in [0, 0.05) is 18.3 Å². The summed E-state index contributed by atoms with van der Waals surface area (Å²) >= 11 is 6.07. The van der Waals surface area contributed by atoms with E-state index in [1.165, 1.54) is 19.3 Å². The second-order valence-corrected chi connectivity index (χ2v) is 4.79. The molecule has 1 aromatic heterocycles. The van der Waals surface area contributed by atoms with Gasteiger partial charge in [-0.05, 0) is 25.0 Å². The Morgan fingerprint density at radius 1 is 1.31 bits per heavy atom. The van der Waals surface area contributed by atoms with Gasteiger partial charge in [-0.25, -0.2) is 4.98 Å². The predicted octanol–water partition coefficient (Wildman–Crippen LogP) is 2.81. The zero-order chi connectivity index (χ0) is 11.4. The Morgan fingerprint density at radius 2 is 2.12 bits per heavy atom. The monoisotopic (exact) mass is 239 g/mol. The van der Waals surface area contributed by atoms with E-state index in [1.807, 2.05) is 12.1 Å². The zero-order valence-electron chi connectivity index (χ0n) is 9.32. The molecule has 0 aliphatic heterocycles. The van der Waals surface area contributed by atoms with Crippen LogP contribution in [0.4, 0.5) is 5.82 Å². The maximum atomic E-state index is 6.14. The number of halogens is 1. The van der Waals surface area contributed by atoms with E-state index in [0.29, 0.717) is 11.1 Å². The molecule has 88 valence electrons. The van der Waals surface area contributed by atoms with Gasteiger partial charge in [-0.15, -0.1) is 0 Å². The molecule has 0 amide bonds. The standard InChI is InChI=1S/C12H18ClN3/c13-9-5-4-8-15-12(9)16-11-7-3-1-2-6-10(11)14/h4-5,8,10-11H,1-3,6-7,14H2,(H,15,16). The van der Waals surface area contributed by atoms with Crippen molar-refractivity contribution in [2.75, 3.05) is 5.32 Å². The van der Waals surface area contributed by atoms with Crippen LogP contribution in [0.25, 0.3) is 0 Å². The van der Waals surface area contributed by atoms with E-state index < -0.39 is 0 Å².